The maximum Gasteiger partial charge on any atom is 0.341 e. The summed E-state index contributed by atoms with van der Waals surface area (Å²) in [6, 6.07) is 9.81. The van der Waals surface area contributed by atoms with Crippen molar-refractivity contribution in [2.75, 3.05) is 23.0 Å². The monoisotopic (exact) mass is 530 g/mol. The number of thioether (sulfide) groups is 1. The molecule has 0 saturated carbocycles. The lowest BCUT2D eigenvalue weighted by Crippen LogP contribution is -2.17. The molecule has 2 heterocycles. The predicted octanol–water partition coefficient (Wildman–Crippen LogP) is 4.96. The van der Waals surface area contributed by atoms with Gasteiger partial charge in [0.15, 0.2) is 4.34 Å². The Bertz CT molecular complexity index is 1190. The van der Waals surface area contributed by atoms with Crippen LogP contribution in [0.1, 0.15) is 52.5 Å². The van der Waals surface area contributed by atoms with Crippen molar-refractivity contribution in [3.63, 3.8) is 0 Å². The van der Waals surface area contributed by atoms with E-state index in [0.29, 0.717) is 32.9 Å². The van der Waals surface area contributed by atoms with Gasteiger partial charge in [0.05, 0.1) is 17.9 Å². The second-order valence-electron chi connectivity index (χ2n) is 7.88. The van der Waals surface area contributed by atoms with Crippen molar-refractivity contribution in [3.05, 3.63) is 51.9 Å². The van der Waals surface area contributed by atoms with Gasteiger partial charge in [0.1, 0.15) is 5.00 Å². The molecule has 11 heteroatoms. The molecule has 0 bridgehead atoms. The number of amides is 2. The van der Waals surface area contributed by atoms with Crippen molar-refractivity contribution >= 4 is 62.4 Å². The number of aromatic nitrogens is 2. The Morgan fingerprint density at radius 2 is 1.83 bits per heavy atom. The second kappa shape index (κ2) is 12.3. The Labute approximate surface area is 215 Å². The summed E-state index contributed by atoms with van der Waals surface area (Å²) in [5, 5.41) is 14.7. The van der Waals surface area contributed by atoms with E-state index in [4.69, 9.17) is 4.74 Å². The van der Waals surface area contributed by atoms with Gasteiger partial charge >= 0.3 is 5.97 Å². The number of thiophene rings is 1. The van der Waals surface area contributed by atoms with E-state index in [9.17, 15) is 14.4 Å². The molecule has 0 aliphatic heterocycles. The molecule has 2 N–H and O–H groups in total. The molecule has 8 nitrogen and oxygen atoms in total. The Morgan fingerprint density at radius 1 is 1.03 bits per heavy atom. The molecule has 4 rings (SSSR count). The Hall–Kier alpha value is -2.76. The van der Waals surface area contributed by atoms with Gasteiger partial charge in [-0.2, -0.15) is 0 Å². The van der Waals surface area contributed by atoms with Crippen molar-refractivity contribution in [1.82, 2.24) is 10.2 Å². The lowest BCUT2D eigenvalue weighted by atomic mass is 9.95. The number of carbonyl (C=O) groups excluding carboxylic acids is 3. The van der Waals surface area contributed by atoms with E-state index in [1.165, 1.54) is 34.4 Å². The van der Waals surface area contributed by atoms with E-state index in [0.717, 1.165) is 41.7 Å². The lowest BCUT2D eigenvalue weighted by molar-refractivity contribution is -0.116. The van der Waals surface area contributed by atoms with Crippen LogP contribution in [0.25, 0.3) is 0 Å². The first-order chi connectivity index (χ1) is 17.0. The molecule has 0 atom stereocenters. The topological polar surface area (TPSA) is 110 Å². The second-order valence-corrected chi connectivity index (χ2v) is 11.2. The summed E-state index contributed by atoms with van der Waals surface area (Å²) in [7, 11) is 0. The summed E-state index contributed by atoms with van der Waals surface area (Å²) in [4.78, 5) is 38.6. The summed E-state index contributed by atoms with van der Waals surface area (Å²) in [5.74, 6) is -0.636. The Kier molecular flexibility index (Phi) is 8.89. The SMILES string of the molecule is CCOC(=O)c1c(NC(=O)CSc2nnc(NC(=O)CCc3ccccc3)s2)sc2c1CCCC2. The lowest BCUT2D eigenvalue weighted by Gasteiger charge is -2.12. The molecular weight excluding hydrogens is 504 g/mol. The maximum absolute atomic E-state index is 12.6. The molecule has 0 radical (unpaired) electrons. The number of hydrogen-bond donors (Lipinski definition) is 2. The fourth-order valence-electron chi connectivity index (χ4n) is 3.77. The number of hydrogen-bond acceptors (Lipinski definition) is 9. The summed E-state index contributed by atoms with van der Waals surface area (Å²) in [5.41, 5.74) is 2.61. The minimum atomic E-state index is -0.383. The number of rotatable bonds is 10. The van der Waals surface area contributed by atoms with Crippen LogP contribution in [0.4, 0.5) is 10.1 Å². The summed E-state index contributed by atoms with van der Waals surface area (Å²) in [6.07, 6.45) is 4.86. The van der Waals surface area contributed by atoms with Crippen LogP contribution in [0.15, 0.2) is 34.7 Å². The molecule has 2 aromatic heterocycles. The van der Waals surface area contributed by atoms with Crippen LogP contribution < -0.4 is 10.6 Å². The summed E-state index contributed by atoms with van der Waals surface area (Å²) in [6.45, 7) is 2.06. The Morgan fingerprint density at radius 3 is 2.63 bits per heavy atom. The van der Waals surface area contributed by atoms with E-state index in [-0.39, 0.29) is 30.1 Å². The first kappa shape index (κ1) is 25.3. The number of esters is 1. The number of benzene rings is 1. The van der Waals surface area contributed by atoms with Crippen LogP contribution in [0.5, 0.6) is 0 Å². The van der Waals surface area contributed by atoms with E-state index in [2.05, 4.69) is 20.8 Å². The summed E-state index contributed by atoms with van der Waals surface area (Å²) < 4.78 is 5.82. The minimum Gasteiger partial charge on any atom is -0.462 e. The molecule has 0 saturated heterocycles. The van der Waals surface area contributed by atoms with E-state index in [1.54, 1.807) is 6.92 Å². The van der Waals surface area contributed by atoms with Crippen molar-refractivity contribution in [2.24, 2.45) is 0 Å². The van der Waals surface area contributed by atoms with Gasteiger partial charge in [-0.25, -0.2) is 4.79 Å². The standard InChI is InChI=1S/C24H26N4O4S3/c1-2-32-22(31)20-16-10-6-7-11-17(16)34-21(20)25-19(30)14-33-24-28-27-23(35-24)26-18(29)13-12-15-8-4-3-5-9-15/h3-5,8-9H,2,6-7,10-14H2,1H3,(H,25,30)(H,26,27,29). The van der Waals surface area contributed by atoms with Crippen LogP contribution in [0.3, 0.4) is 0 Å². The molecule has 0 unspecified atom stereocenters. The van der Waals surface area contributed by atoms with Crippen molar-refractivity contribution in [2.45, 2.75) is 49.8 Å². The first-order valence-corrected chi connectivity index (χ1v) is 14.1. The van der Waals surface area contributed by atoms with Crippen LogP contribution in [0, 0.1) is 0 Å². The third-order valence-electron chi connectivity index (χ3n) is 5.37. The smallest absolute Gasteiger partial charge is 0.341 e. The molecular formula is C24H26N4O4S3. The van der Waals surface area contributed by atoms with Crippen LogP contribution in [-0.4, -0.2) is 40.3 Å². The fraction of sp³-hybridized carbons (Fsp3) is 0.375. The predicted molar refractivity (Wildman–Crippen MR) is 140 cm³/mol. The largest absolute Gasteiger partial charge is 0.462 e. The van der Waals surface area contributed by atoms with Gasteiger partial charge in [-0.1, -0.05) is 53.4 Å². The molecule has 1 aliphatic carbocycles. The zero-order chi connectivity index (χ0) is 24.6. The highest BCUT2D eigenvalue weighted by Gasteiger charge is 2.27. The van der Waals surface area contributed by atoms with E-state index >= 15 is 0 Å². The average molecular weight is 531 g/mol. The molecule has 0 fully saturated rings. The van der Waals surface area contributed by atoms with Crippen molar-refractivity contribution in [1.29, 1.82) is 0 Å². The molecule has 0 spiro atoms. The number of nitrogens with zero attached hydrogens (tertiary/aromatic N) is 2. The van der Waals surface area contributed by atoms with Crippen LogP contribution in [-0.2, 0) is 33.6 Å². The summed E-state index contributed by atoms with van der Waals surface area (Å²) >= 11 is 3.93. The number of carbonyl (C=O) groups is 3. The van der Waals surface area contributed by atoms with Crippen molar-refractivity contribution in [3.8, 4) is 0 Å². The highest BCUT2D eigenvalue weighted by Crippen LogP contribution is 2.38. The molecule has 35 heavy (non-hydrogen) atoms. The molecule has 184 valence electrons. The normalized spacial score (nSPS) is 12.6. The van der Waals surface area contributed by atoms with Crippen molar-refractivity contribution < 1.29 is 19.1 Å². The van der Waals surface area contributed by atoms with Gasteiger partial charge in [-0.05, 0) is 50.2 Å². The third-order valence-corrected chi connectivity index (χ3v) is 8.55. The fourth-order valence-corrected chi connectivity index (χ4v) is 6.63. The van der Waals surface area contributed by atoms with Gasteiger partial charge in [0.2, 0.25) is 16.9 Å². The number of fused-ring (bicyclic) bond motifs is 1. The van der Waals surface area contributed by atoms with Gasteiger partial charge in [0, 0.05) is 11.3 Å². The van der Waals surface area contributed by atoms with Gasteiger partial charge < -0.3 is 15.4 Å². The molecule has 1 aliphatic rings. The zero-order valence-electron chi connectivity index (χ0n) is 19.3. The molecule has 1 aromatic carbocycles. The van der Waals surface area contributed by atoms with E-state index in [1.807, 2.05) is 30.3 Å². The third kappa shape index (κ3) is 6.89. The average Bonchev–Trinajstić information content (AvgIpc) is 3.46. The van der Waals surface area contributed by atoms with Gasteiger partial charge in [-0.3, -0.25) is 9.59 Å². The van der Waals surface area contributed by atoms with Crippen LogP contribution >= 0.6 is 34.4 Å². The van der Waals surface area contributed by atoms with Gasteiger partial charge in [-0.15, -0.1) is 21.5 Å². The number of ether oxygens (including phenoxy) is 1. The first-order valence-electron chi connectivity index (χ1n) is 11.4. The number of aryl methyl sites for hydroxylation is 2. The highest BCUT2D eigenvalue weighted by molar-refractivity contribution is 8.01. The van der Waals surface area contributed by atoms with E-state index < -0.39 is 0 Å². The van der Waals surface area contributed by atoms with Crippen LogP contribution in [0.2, 0.25) is 0 Å². The number of anilines is 2. The minimum absolute atomic E-state index is 0.113. The highest BCUT2D eigenvalue weighted by atomic mass is 32.2. The molecule has 3 aromatic rings. The Balaban J connectivity index is 1.29. The quantitative estimate of drug-likeness (QED) is 0.217. The van der Waals surface area contributed by atoms with Gasteiger partial charge in [0.25, 0.3) is 0 Å². The molecule has 2 amide bonds. The maximum atomic E-state index is 12.6. The zero-order valence-corrected chi connectivity index (χ0v) is 21.7. The number of nitrogens with one attached hydrogen (secondary N) is 2.